The van der Waals surface area contributed by atoms with Crippen molar-refractivity contribution in [3.05, 3.63) is 64.0 Å². The molecule has 140 valence electrons. The Bertz CT molecular complexity index is 964. The number of ether oxygens (including phenoxy) is 2. The molecule has 3 nitrogen and oxygen atoms in total. The highest BCUT2D eigenvalue weighted by Crippen LogP contribution is 2.34. The number of hydrogen-bond acceptors (Lipinski definition) is 4. The minimum Gasteiger partial charge on any atom is -0.493 e. The van der Waals surface area contributed by atoms with E-state index in [0.717, 1.165) is 11.6 Å². The molecule has 0 bridgehead atoms. The van der Waals surface area contributed by atoms with Gasteiger partial charge in [0.15, 0.2) is 11.5 Å². The lowest BCUT2D eigenvalue weighted by Gasteiger charge is -2.09. The summed E-state index contributed by atoms with van der Waals surface area (Å²) in [6.45, 7) is 0. The first-order valence-corrected chi connectivity index (χ1v) is 8.82. The van der Waals surface area contributed by atoms with Gasteiger partial charge < -0.3 is 9.47 Å². The summed E-state index contributed by atoms with van der Waals surface area (Å²) in [6.07, 6.45) is -1.38. The topological polar surface area (TPSA) is 31.4 Å². The van der Waals surface area contributed by atoms with E-state index < -0.39 is 11.7 Å². The SMILES string of the molecule is COc1ccc(-c2csc(/C=C/c3ccccc3C(F)(F)F)n2)cc1OC. The normalized spacial score (nSPS) is 11.7. The fourth-order valence-electron chi connectivity index (χ4n) is 2.55. The zero-order valence-corrected chi connectivity index (χ0v) is 15.4. The molecule has 27 heavy (non-hydrogen) atoms. The zero-order valence-electron chi connectivity index (χ0n) is 14.6. The van der Waals surface area contributed by atoms with Crippen molar-refractivity contribution in [2.24, 2.45) is 0 Å². The summed E-state index contributed by atoms with van der Waals surface area (Å²) >= 11 is 1.35. The van der Waals surface area contributed by atoms with Crippen LogP contribution in [0.4, 0.5) is 13.2 Å². The lowest BCUT2D eigenvalue weighted by molar-refractivity contribution is -0.137. The van der Waals surface area contributed by atoms with Gasteiger partial charge in [0.2, 0.25) is 0 Å². The predicted octanol–water partition coefficient (Wildman–Crippen LogP) is 6.02. The quantitative estimate of drug-likeness (QED) is 0.533. The van der Waals surface area contributed by atoms with Crippen LogP contribution in [0, 0.1) is 0 Å². The molecule has 0 atom stereocenters. The molecule has 3 aromatic rings. The van der Waals surface area contributed by atoms with Gasteiger partial charge in [-0.3, -0.25) is 0 Å². The second kappa shape index (κ2) is 7.84. The van der Waals surface area contributed by atoms with Crippen LogP contribution < -0.4 is 9.47 Å². The maximum atomic E-state index is 13.1. The Morgan fingerprint density at radius 3 is 2.41 bits per heavy atom. The fourth-order valence-corrected chi connectivity index (χ4v) is 3.27. The molecule has 0 aliphatic rings. The van der Waals surface area contributed by atoms with Crippen LogP contribution in [0.15, 0.2) is 47.8 Å². The number of nitrogens with zero attached hydrogens (tertiary/aromatic N) is 1. The van der Waals surface area contributed by atoms with Crippen LogP contribution >= 0.6 is 11.3 Å². The maximum Gasteiger partial charge on any atom is 0.416 e. The number of methoxy groups -OCH3 is 2. The van der Waals surface area contributed by atoms with Crippen molar-refractivity contribution < 1.29 is 22.6 Å². The maximum absolute atomic E-state index is 13.1. The second-order valence-corrected chi connectivity index (χ2v) is 6.45. The number of hydrogen-bond donors (Lipinski definition) is 0. The van der Waals surface area contributed by atoms with Crippen LogP contribution in [0.3, 0.4) is 0 Å². The largest absolute Gasteiger partial charge is 0.493 e. The summed E-state index contributed by atoms with van der Waals surface area (Å²) in [4.78, 5) is 4.47. The van der Waals surface area contributed by atoms with E-state index in [4.69, 9.17) is 9.47 Å². The Balaban J connectivity index is 1.86. The molecule has 0 aliphatic carbocycles. The van der Waals surface area contributed by atoms with Gasteiger partial charge in [-0.1, -0.05) is 24.3 Å². The van der Waals surface area contributed by atoms with Crippen LogP contribution in [0.1, 0.15) is 16.1 Å². The van der Waals surface area contributed by atoms with Crippen LogP contribution in [-0.2, 0) is 6.18 Å². The zero-order chi connectivity index (χ0) is 19.4. The number of thiazole rings is 1. The van der Waals surface area contributed by atoms with Crippen molar-refractivity contribution in [3.8, 4) is 22.8 Å². The Morgan fingerprint density at radius 2 is 1.70 bits per heavy atom. The number of aromatic nitrogens is 1. The molecule has 1 aromatic heterocycles. The average molecular weight is 391 g/mol. The smallest absolute Gasteiger partial charge is 0.416 e. The van der Waals surface area contributed by atoms with Crippen molar-refractivity contribution in [1.29, 1.82) is 0 Å². The Morgan fingerprint density at radius 1 is 0.963 bits per heavy atom. The first-order chi connectivity index (χ1) is 12.9. The minimum atomic E-state index is -4.39. The molecular formula is C20H16F3NO2S. The van der Waals surface area contributed by atoms with Gasteiger partial charge in [0.1, 0.15) is 5.01 Å². The van der Waals surface area contributed by atoms with E-state index in [9.17, 15) is 13.2 Å². The summed E-state index contributed by atoms with van der Waals surface area (Å²) in [7, 11) is 3.11. The number of alkyl halides is 3. The second-order valence-electron chi connectivity index (χ2n) is 5.56. The van der Waals surface area contributed by atoms with Gasteiger partial charge in [-0.25, -0.2) is 4.98 Å². The molecule has 3 rings (SSSR count). The lowest BCUT2D eigenvalue weighted by atomic mass is 10.1. The molecule has 0 radical (unpaired) electrons. The summed E-state index contributed by atoms with van der Waals surface area (Å²) in [6, 6.07) is 10.9. The first kappa shape index (κ1) is 19.0. The van der Waals surface area contributed by atoms with Crippen molar-refractivity contribution in [3.63, 3.8) is 0 Å². The Hall–Kier alpha value is -2.80. The van der Waals surface area contributed by atoms with Gasteiger partial charge >= 0.3 is 6.18 Å². The molecule has 0 amide bonds. The van der Waals surface area contributed by atoms with E-state index in [-0.39, 0.29) is 5.56 Å². The van der Waals surface area contributed by atoms with Crippen molar-refractivity contribution >= 4 is 23.5 Å². The Labute approximate surface area is 158 Å². The highest BCUT2D eigenvalue weighted by Gasteiger charge is 2.32. The Kier molecular flexibility index (Phi) is 5.51. The highest BCUT2D eigenvalue weighted by atomic mass is 32.1. The van der Waals surface area contributed by atoms with Gasteiger partial charge in [-0.2, -0.15) is 13.2 Å². The molecule has 2 aromatic carbocycles. The van der Waals surface area contributed by atoms with E-state index >= 15 is 0 Å². The molecule has 7 heteroatoms. The van der Waals surface area contributed by atoms with Crippen LogP contribution in [0.25, 0.3) is 23.4 Å². The fraction of sp³-hybridized carbons (Fsp3) is 0.150. The van der Waals surface area contributed by atoms with Crippen LogP contribution in [0.2, 0.25) is 0 Å². The van der Waals surface area contributed by atoms with Crippen molar-refractivity contribution in [2.75, 3.05) is 14.2 Å². The number of benzene rings is 2. The molecule has 0 N–H and O–H groups in total. The lowest BCUT2D eigenvalue weighted by Crippen LogP contribution is -2.06. The van der Waals surface area contributed by atoms with Crippen LogP contribution in [0.5, 0.6) is 11.5 Å². The van der Waals surface area contributed by atoms with Gasteiger partial charge in [0.25, 0.3) is 0 Å². The van der Waals surface area contributed by atoms with E-state index in [1.54, 1.807) is 38.5 Å². The molecule has 0 spiro atoms. The summed E-state index contributed by atoms with van der Waals surface area (Å²) in [5.41, 5.74) is 0.981. The standard InChI is InChI=1S/C20H16F3NO2S/c1-25-17-9-7-14(11-18(17)26-2)16-12-27-19(24-16)10-8-13-5-3-4-6-15(13)20(21,22)23/h3-12H,1-2H3/b10-8+. The highest BCUT2D eigenvalue weighted by molar-refractivity contribution is 7.10. The molecule has 0 saturated carbocycles. The third-order valence-electron chi connectivity index (χ3n) is 3.87. The van der Waals surface area contributed by atoms with Gasteiger partial charge in [-0.05, 0) is 35.9 Å². The summed E-state index contributed by atoms with van der Waals surface area (Å²) in [5.74, 6) is 1.19. The average Bonchev–Trinajstić information content (AvgIpc) is 3.14. The minimum absolute atomic E-state index is 0.105. The number of rotatable bonds is 5. The number of halogens is 3. The monoisotopic (exact) mass is 391 g/mol. The van der Waals surface area contributed by atoms with Crippen molar-refractivity contribution in [2.45, 2.75) is 6.18 Å². The molecular weight excluding hydrogens is 375 g/mol. The van der Waals surface area contributed by atoms with Gasteiger partial charge in [0.05, 0.1) is 25.5 Å². The third kappa shape index (κ3) is 4.31. The third-order valence-corrected chi connectivity index (χ3v) is 4.68. The predicted molar refractivity (Wildman–Crippen MR) is 101 cm³/mol. The van der Waals surface area contributed by atoms with E-state index in [2.05, 4.69) is 4.98 Å². The first-order valence-electron chi connectivity index (χ1n) is 7.94. The summed E-state index contributed by atoms with van der Waals surface area (Å²) < 4.78 is 49.7. The molecule has 0 aliphatic heterocycles. The van der Waals surface area contributed by atoms with E-state index in [1.165, 1.54) is 29.5 Å². The van der Waals surface area contributed by atoms with E-state index in [0.29, 0.717) is 22.2 Å². The van der Waals surface area contributed by atoms with Gasteiger partial charge in [0, 0.05) is 10.9 Å². The van der Waals surface area contributed by atoms with Gasteiger partial charge in [-0.15, -0.1) is 11.3 Å². The molecule has 0 saturated heterocycles. The van der Waals surface area contributed by atoms with E-state index in [1.807, 2.05) is 11.4 Å². The summed E-state index contributed by atoms with van der Waals surface area (Å²) in [5, 5.41) is 2.45. The van der Waals surface area contributed by atoms with Crippen molar-refractivity contribution in [1.82, 2.24) is 4.98 Å². The van der Waals surface area contributed by atoms with Crippen LogP contribution in [-0.4, -0.2) is 19.2 Å². The molecule has 0 unspecified atom stereocenters. The molecule has 0 fully saturated rings. The molecule has 1 heterocycles.